The number of fused-ring (bicyclic) bond motifs is 1. The number of carbonyl (C=O) groups excluding carboxylic acids is 1. The van der Waals surface area contributed by atoms with Gasteiger partial charge in [-0.25, -0.2) is 0 Å². The Bertz CT molecular complexity index is 987. The van der Waals surface area contributed by atoms with E-state index in [1.165, 1.54) is 11.1 Å². The molecule has 0 N–H and O–H groups in total. The second-order valence-corrected chi connectivity index (χ2v) is 7.78. The molecule has 25 heavy (non-hydrogen) atoms. The van der Waals surface area contributed by atoms with Gasteiger partial charge < -0.3 is 9.30 Å². The van der Waals surface area contributed by atoms with Gasteiger partial charge >= 0.3 is 0 Å². The molecular formula is C19H19BrN2O2S. The number of carbonyl (C=O) groups is 1. The Morgan fingerprint density at radius 3 is 2.64 bits per heavy atom. The van der Waals surface area contributed by atoms with Gasteiger partial charge in [-0.1, -0.05) is 33.3 Å². The molecule has 4 nitrogen and oxygen atoms in total. The van der Waals surface area contributed by atoms with Crippen molar-refractivity contribution < 1.29 is 9.53 Å². The highest BCUT2D eigenvalue weighted by atomic mass is 79.9. The lowest BCUT2D eigenvalue weighted by atomic mass is 10.1. The van der Waals surface area contributed by atoms with Crippen LogP contribution in [0.15, 0.2) is 45.9 Å². The molecule has 0 saturated carbocycles. The molecule has 2 aromatic carbocycles. The minimum Gasteiger partial charge on any atom is -0.383 e. The smallest absolute Gasteiger partial charge is 0.279 e. The average molecular weight is 419 g/mol. The molecule has 1 heterocycles. The van der Waals surface area contributed by atoms with Crippen LogP contribution >= 0.6 is 27.3 Å². The van der Waals surface area contributed by atoms with Crippen LogP contribution in [0, 0.1) is 13.8 Å². The number of benzene rings is 2. The van der Waals surface area contributed by atoms with Crippen LogP contribution in [-0.2, 0) is 11.3 Å². The van der Waals surface area contributed by atoms with Crippen LogP contribution in [0.2, 0.25) is 0 Å². The van der Waals surface area contributed by atoms with Crippen molar-refractivity contribution in [3.05, 3.63) is 62.4 Å². The maximum atomic E-state index is 12.6. The lowest BCUT2D eigenvalue weighted by Gasteiger charge is -2.06. The summed E-state index contributed by atoms with van der Waals surface area (Å²) >= 11 is 4.93. The van der Waals surface area contributed by atoms with Gasteiger partial charge in [0.25, 0.3) is 5.91 Å². The first kappa shape index (κ1) is 18.0. The van der Waals surface area contributed by atoms with Crippen LogP contribution in [0.25, 0.3) is 10.2 Å². The number of nitrogens with zero attached hydrogens (tertiary/aromatic N) is 2. The van der Waals surface area contributed by atoms with Gasteiger partial charge in [0.2, 0.25) is 0 Å². The highest BCUT2D eigenvalue weighted by Gasteiger charge is 2.11. The molecule has 130 valence electrons. The van der Waals surface area contributed by atoms with E-state index in [0.717, 1.165) is 14.7 Å². The predicted molar refractivity (Wildman–Crippen MR) is 105 cm³/mol. The largest absolute Gasteiger partial charge is 0.383 e. The summed E-state index contributed by atoms with van der Waals surface area (Å²) in [6, 6.07) is 11.5. The van der Waals surface area contributed by atoms with Crippen LogP contribution in [-0.4, -0.2) is 24.2 Å². The van der Waals surface area contributed by atoms with Gasteiger partial charge in [-0.05, 0) is 55.3 Å². The van der Waals surface area contributed by atoms with Crippen molar-refractivity contribution in [3.8, 4) is 0 Å². The fraction of sp³-hybridized carbons (Fsp3) is 0.263. The Balaban J connectivity index is 2.15. The Kier molecular flexibility index (Phi) is 5.51. The number of rotatable bonds is 4. The fourth-order valence-electron chi connectivity index (χ4n) is 2.74. The second kappa shape index (κ2) is 7.64. The summed E-state index contributed by atoms with van der Waals surface area (Å²) < 4.78 is 9.40. The van der Waals surface area contributed by atoms with Gasteiger partial charge in [0.05, 0.1) is 16.8 Å². The molecule has 0 unspecified atom stereocenters. The number of thiazole rings is 1. The molecule has 0 aliphatic heterocycles. The molecule has 0 bridgehead atoms. The fourth-order valence-corrected chi connectivity index (χ4v) is 4.11. The summed E-state index contributed by atoms with van der Waals surface area (Å²) in [5.74, 6) is -0.236. The van der Waals surface area contributed by atoms with E-state index in [-0.39, 0.29) is 5.91 Å². The Hall–Kier alpha value is -1.76. The highest BCUT2D eigenvalue weighted by Crippen LogP contribution is 2.23. The van der Waals surface area contributed by atoms with Crippen LogP contribution in [0.1, 0.15) is 21.5 Å². The third kappa shape index (κ3) is 3.92. The molecule has 3 rings (SSSR count). The van der Waals surface area contributed by atoms with Gasteiger partial charge in [-0.15, -0.1) is 0 Å². The Morgan fingerprint density at radius 2 is 1.96 bits per heavy atom. The summed E-state index contributed by atoms with van der Waals surface area (Å²) in [4.78, 5) is 17.7. The van der Waals surface area contributed by atoms with Gasteiger partial charge in [0, 0.05) is 23.7 Å². The summed E-state index contributed by atoms with van der Waals surface area (Å²) in [7, 11) is 1.68. The van der Waals surface area contributed by atoms with Crippen LogP contribution in [0.5, 0.6) is 0 Å². The van der Waals surface area contributed by atoms with Crippen molar-refractivity contribution in [2.24, 2.45) is 4.99 Å². The molecule has 1 amide bonds. The van der Waals surface area contributed by atoms with Crippen LogP contribution in [0.4, 0.5) is 0 Å². The quantitative estimate of drug-likeness (QED) is 0.627. The van der Waals surface area contributed by atoms with Crippen molar-refractivity contribution in [1.29, 1.82) is 0 Å². The van der Waals surface area contributed by atoms with Gasteiger partial charge in [-0.3, -0.25) is 4.79 Å². The van der Waals surface area contributed by atoms with Crippen molar-refractivity contribution in [3.63, 3.8) is 0 Å². The first-order valence-electron chi connectivity index (χ1n) is 7.94. The molecular weight excluding hydrogens is 400 g/mol. The molecule has 1 aromatic heterocycles. The number of hydrogen-bond donors (Lipinski definition) is 0. The minimum atomic E-state index is -0.236. The van der Waals surface area contributed by atoms with Crippen LogP contribution < -0.4 is 4.80 Å². The second-order valence-electron chi connectivity index (χ2n) is 5.88. The third-order valence-corrected chi connectivity index (χ3v) is 5.68. The summed E-state index contributed by atoms with van der Waals surface area (Å²) in [5.41, 5.74) is 4.07. The normalized spacial score (nSPS) is 12.1. The first-order chi connectivity index (χ1) is 12.0. The molecule has 0 aliphatic rings. The molecule has 0 fully saturated rings. The summed E-state index contributed by atoms with van der Waals surface area (Å²) in [6.45, 7) is 5.39. The zero-order chi connectivity index (χ0) is 18.0. The van der Waals surface area contributed by atoms with E-state index in [9.17, 15) is 4.79 Å². The molecule has 6 heteroatoms. The lowest BCUT2D eigenvalue weighted by molar-refractivity contribution is 0.0997. The zero-order valence-electron chi connectivity index (χ0n) is 14.4. The monoisotopic (exact) mass is 418 g/mol. The average Bonchev–Trinajstić information content (AvgIpc) is 2.91. The van der Waals surface area contributed by atoms with Crippen molar-refractivity contribution in [1.82, 2.24) is 4.57 Å². The standard InChI is InChI=1S/C19H19BrN2O2S/c1-12-10-13(2)17-16(11-12)22(8-9-24-3)19(25-17)21-18(23)14-4-6-15(20)7-5-14/h4-7,10-11H,8-9H2,1-3H3. The van der Waals surface area contributed by atoms with Crippen molar-refractivity contribution in [2.45, 2.75) is 20.4 Å². The first-order valence-corrected chi connectivity index (χ1v) is 9.54. The molecule has 0 spiro atoms. The van der Waals surface area contributed by atoms with Crippen LogP contribution in [0.3, 0.4) is 0 Å². The number of methoxy groups -OCH3 is 1. The Labute approximate surface area is 158 Å². The van der Waals surface area contributed by atoms with E-state index in [0.29, 0.717) is 23.5 Å². The van der Waals surface area contributed by atoms with Gasteiger partial charge in [-0.2, -0.15) is 4.99 Å². The molecule has 0 saturated heterocycles. The third-order valence-electron chi connectivity index (χ3n) is 3.92. The molecule has 0 atom stereocenters. The molecule has 3 aromatic rings. The van der Waals surface area contributed by atoms with Gasteiger partial charge in [0.1, 0.15) is 0 Å². The van der Waals surface area contributed by atoms with Gasteiger partial charge in [0.15, 0.2) is 4.80 Å². The maximum Gasteiger partial charge on any atom is 0.279 e. The zero-order valence-corrected chi connectivity index (χ0v) is 16.8. The summed E-state index contributed by atoms with van der Waals surface area (Å²) in [6.07, 6.45) is 0. The van der Waals surface area contributed by atoms with Crippen molar-refractivity contribution >= 4 is 43.4 Å². The number of halogens is 1. The molecule has 0 radical (unpaired) electrons. The SMILES string of the molecule is COCCn1c(=NC(=O)c2ccc(Br)cc2)sc2c(C)cc(C)cc21. The minimum absolute atomic E-state index is 0.236. The van der Waals surface area contributed by atoms with E-state index in [4.69, 9.17) is 4.74 Å². The van der Waals surface area contributed by atoms with E-state index < -0.39 is 0 Å². The molecule has 0 aliphatic carbocycles. The topological polar surface area (TPSA) is 43.6 Å². The van der Waals surface area contributed by atoms with E-state index >= 15 is 0 Å². The number of amides is 1. The van der Waals surface area contributed by atoms with E-state index in [2.05, 4.69) is 51.5 Å². The Morgan fingerprint density at radius 1 is 1.24 bits per heavy atom. The number of hydrogen-bond acceptors (Lipinski definition) is 3. The van der Waals surface area contributed by atoms with Crippen molar-refractivity contribution in [2.75, 3.05) is 13.7 Å². The predicted octanol–water partition coefficient (Wildman–Crippen LogP) is 4.47. The highest BCUT2D eigenvalue weighted by molar-refractivity contribution is 9.10. The summed E-state index contributed by atoms with van der Waals surface area (Å²) in [5, 5.41) is 0. The number of aryl methyl sites for hydroxylation is 2. The maximum absolute atomic E-state index is 12.6. The lowest BCUT2D eigenvalue weighted by Crippen LogP contribution is -2.19. The number of aromatic nitrogens is 1. The van der Waals surface area contributed by atoms with E-state index in [1.807, 2.05) is 12.1 Å². The van der Waals surface area contributed by atoms with E-state index in [1.54, 1.807) is 30.6 Å². The number of ether oxygens (including phenoxy) is 1.